The Morgan fingerprint density at radius 3 is 2.48 bits per heavy atom. The van der Waals surface area contributed by atoms with E-state index in [2.05, 4.69) is 15.6 Å². The van der Waals surface area contributed by atoms with Crippen LogP contribution in [0.15, 0.2) is 24.3 Å². The largest absolute Gasteiger partial charge is 0.435 e. The van der Waals surface area contributed by atoms with Gasteiger partial charge in [-0.2, -0.15) is 13.2 Å². The first-order valence-electron chi connectivity index (χ1n) is 9.10. The van der Waals surface area contributed by atoms with Crippen LogP contribution in [0.5, 0.6) is 0 Å². The van der Waals surface area contributed by atoms with Crippen molar-refractivity contribution in [1.29, 1.82) is 0 Å². The first kappa shape index (κ1) is 23.1. The van der Waals surface area contributed by atoms with E-state index in [0.29, 0.717) is 36.5 Å². The Balaban J connectivity index is 0.00000300. The maximum Gasteiger partial charge on any atom is 0.435 e. The molecule has 1 amide bonds. The molecule has 160 valence electrons. The van der Waals surface area contributed by atoms with Crippen molar-refractivity contribution in [1.82, 2.24) is 25.2 Å². The molecular weight excluding hydrogens is 414 g/mol. The van der Waals surface area contributed by atoms with Crippen molar-refractivity contribution in [2.75, 3.05) is 26.2 Å². The number of hydrogen-bond acceptors (Lipinski definition) is 4. The number of aromatic nitrogens is 3. The number of benzene rings is 1. The predicted molar refractivity (Wildman–Crippen MR) is 101 cm³/mol. The van der Waals surface area contributed by atoms with Gasteiger partial charge in [-0.05, 0) is 44.0 Å². The van der Waals surface area contributed by atoms with E-state index in [1.54, 1.807) is 0 Å². The van der Waals surface area contributed by atoms with Gasteiger partial charge in [0.25, 0.3) is 5.91 Å². The summed E-state index contributed by atoms with van der Waals surface area (Å²) < 4.78 is 55.4. The minimum Gasteiger partial charge on any atom is -0.337 e. The Bertz CT molecular complexity index is 834. The third-order valence-electron chi connectivity index (χ3n) is 4.81. The molecule has 0 aliphatic carbocycles. The number of hydrogen-bond donors (Lipinski definition) is 1. The summed E-state index contributed by atoms with van der Waals surface area (Å²) in [7, 11) is 0. The molecule has 0 radical (unpaired) electrons. The van der Waals surface area contributed by atoms with Crippen LogP contribution in [0.25, 0.3) is 5.69 Å². The SMILES string of the molecule is CCNCC1CCN(C(=O)c2nnn(-c3ccccc3F)c2C(F)(F)F)CC1.Cl. The Morgan fingerprint density at radius 2 is 1.90 bits per heavy atom. The minimum absolute atomic E-state index is 0. The van der Waals surface area contributed by atoms with Gasteiger partial charge >= 0.3 is 6.18 Å². The molecule has 2 aromatic rings. The molecule has 0 saturated carbocycles. The van der Waals surface area contributed by atoms with E-state index in [-0.39, 0.29) is 12.4 Å². The number of piperidine rings is 1. The van der Waals surface area contributed by atoms with Gasteiger partial charge in [0, 0.05) is 13.1 Å². The highest BCUT2D eigenvalue weighted by atomic mass is 35.5. The molecule has 0 unspecified atom stereocenters. The van der Waals surface area contributed by atoms with Crippen molar-refractivity contribution in [2.45, 2.75) is 25.9 Å². The van der Waals surface area contributed by atoms with E-state index in [0.717, 1.165) is 25.2 Å². The highest BCUT2D eigenvalue weighted by Crippen LogP contribution is 2.34. The van der Waals surface area contributed by atoms with Crippen LogP contribution in [-0.4, -0.2) is 52.0 Å². The first-order valence-corrected chi connectivity index (χ1v) is 9.10. The van der Waals surface area contributed by atoms with Gasteiger partial charge in [-0.15, -0.1) is 17.5 Å². The fourth-order valence-corrected chi connectivity index (χ4v) is 3.31. The summed E-state index contributed by atoms with van der Waals surface area (Å²) >= 11 is 0. The van der Waals surface area contributed by atoms with Gasteiger partial charge in [-0.1, -0.05) is 24.3 Å². The average molecular weight is 436 g/mol. The van der Waals surface area contributed by atoms with E-state index >= 15 is 0 Å². The molecule has 1 aromatic carbocycles. The van der Waals surface area contributed by atoms with Gasteiger partial charge in [0.1, 0.15) is 11.5 Å². The Morgan fingerprint density at radius 1 is 1.24 bits per heavy atom. The van der Waals surface area contributed by atoms with Crippen LogP contribution in [0.4, 0.5) is 17.6 Å². The topological polar surface area (TPSA) is 63.1 Å². The number of nitrogens with one attached hydrogen (secondary N) is 1. The standard InChI is InChI=1S/C18H21F4N5O.ClH/c1-2-23-11-12-7-9-26(10-8-12)17(28)15-16(18(20,21)22)27(25-24-15)14-6-4-3-5-13(14)19;/h3-6,12,23H,2,7-11H2,1H3;1H. The van der Waals surface area contributed by atoms with Gasteiger partial charge in [0.15, 0.2) is 11.4 Å². The van der Waals surface area contributed by atoms with Gasteiger partial charge in [0.2, 0.25) is 0 Å². The van der Waals surface area contributed by atoms with Gasteiger partial charge in [-0.25, -0.2) is 9.07 Å². The molecule has 0 bridgehead atoms. The quantitative estimate of drug-likeness (QED) is 0.732. The molecule has 1 saturated heterocycles. The molecule has 3 rings (SSSR count). The summed E-state index contributed by atoms with van der Waals surface area (Å²) in [5.41, 5.74) is -2.58. The summed E-state index contributed by atoms with van der Waals surface area (Å²) in [4.78, 5) is 14.1. The number of carbonyl (C=O) groups excluding carboxylic acids is 1. The molecular formula is C18H22ClF4N5O. The van der Waals surface area contributed by atoms with E-state index in [4.69, 9.17) is 0 Å². The van der Waals surface area contributed by atoms with E-state index in [1.807, 2.05) is 6.92 Å². The molecule has 29 heavy (non-hydrogen) atoms. The van der Waals surface area contributed by atoms with Crippen molar-refractivity contribution in [2.24, 2.45) is 5.92 Å². The summed E-state index contributed by atoms with van der Waals surface area (Å²) in [6.45, 7) is 4.34. The predicted octanol–water partition coefficient (Wildman–Crippen LogP) is 3.31. The fraction of sp³-hybridized carbons (Fsp3) is 0.500. The van der Waals surface area contributed by atoms with E-state index in [9.17, 15) is 22.4 Å². The molecule has 1 fully saturated rings. The van der Waals surface area contributed by atoms with Crippen LogP contribution in [0.1, 0.15) is 35.9 Å². The van der Waals surface area contributed by atoms with Crippen molar-refractivity contribution in [3.63, 3.8) is 0 Å². The number of para-hydroxylation sites is 1. The van der Waals surface area contributed by atoms with Crippen LogP contribution in [0, 0.1) is 11.7 Å². The lowest BCUT2D eigenvalue weighted by molar-refractivity contribution is -0.143. The zero-order valence-electron chi connectivity index (χ0n) is 15.7. The van der Waals surface area contributed by atoms with E-state index < -0.39 is 35.0 Å². The smallest absolute Gasteiger partial charge is 0.337 e. The number of carbonyl (C=O) groups is 1. The average Bonchev–Trinajstić information content (AvgIpc) is 3.12. The molecule has 1 aliphatic rings. The second kappa shape index (κ2) is 9.53. The highest BCUT2D eigenvalue weighted by molar-refractivity contribution is 5.93. The molecule has 0 atom stereocenters. The molecule has 1 N–H and O–H groups in total. The summed E-state index contributed by atoms with van der Waals surface area (Å²) in [6.07, 6.45) is -3.52. The molecule has 1 aliphatic heterocycles. The first-order chi connectivity index (χ1) is 13.3. The van der Waals surface area contributed by atoms with Crippen molar-refractivity contribution < 1.29 is 22.4 Å². The Hall–Kier alpha value is -2.20. The minimum atomic E-state index is -4.92. The number of rotatable bonds is 5. The Labute approximate surface area is 171 Å². The lowest BCUT2D eigenvalue weighted by Gasteiger charge is -2.31. The number of likely N-dealkylation sites (tertiary alicyclic amines) is 1. The molecule has 0 spiro atoms. The highest BCUT2D eigenvalue weighted by Gasteiger charge is 2.43. The van der Waals surface area contributed by atoms with Crippen LogP contribution >= 0.6 is 12.4 Å². The van der Waals surface area contributed by atoms with Crippen LogP contribution < -0.4 is 5.32 Å². The van der Waals surface area contributed by atoms with Crippen LogP contribution in [0.3, 0.4) is 0 Å². The summed E-state index contributed by atoms with van der Waals surface area (Å²) in [5.74, 6) is -1.35. The van der Waals surface area contributed by atoms with Gasteiger partial charge in [-0.3, -0.25) is 4.79 Å². The van der Waals surface area contributed by atoms with Crippen LogP contribution in [0.2, 0.25) is 0 Å². The maximum atomic E-state index is 14.0. The molecule has 6 nitrogen and oxygen atoms in total. The van der Waals surface area contributed by atoms with Crippen LogP contribution in [-0.2, 0) is 6.18 Å². The molecule has 1 aromatic heterocycles. The number of halogens is 5. The lowest BCUT2D eigenvalue weighted by Crippen LogP contribution is -2.41. The number of amides is 1. The zero-order valence-corrected chi connectivity index (χ0v) is 16.6. The maximum absolute atomic E-state index is 14.0. The third kappa shape index (κ3) is 5.05. The van der Waals surface area contributed by atoms with E-state index in [1.165, 1.54) is 17.0 Å². The van der Waals surface area contributed by atoms with Gasteiger partial charge in [0.05, 0.1) is 0 Å². The second-order valence-electron chi connectivity index (χ2n) is 6.69. The molecule has 2 heterocycles. The monoisotopic (exact) mass is 435 g/mol. The van der Waals surface area contributed by atoms with Crippen molar-refractivity contribution >= 4 is 18.3 Å². The summed E-state index contributed by atoms with van der Waals surface area (Å²) in [6, 6.07) is 4.91. The summed E-state index contributed by atoms with van der Waals surface area (Å²) in [5, 5.41) is 10.1. The van der Waals surface area contributed by atoms with Crippen molar-refractivity contribution in [3.05, 3.63) is 41.5 Å². The second-order valence-corrected chi connectivity index (χ2v) is 6.69. The number of alkyl halides is 3. The number of nitrogens with zero attached hydrogens (tertiary/aromatic N) is 4. The zero-order chi connectivity index (χ0) is 20.3. The normalized spacial score (nSPS) is 15.3. The fourth-order valence-electron chi connectivity index (χ4n) is 3.31. The third-order valence-corrected chi connectivity index (χ3v) is 4.81. The Kier molecular flexibility index (Phi) is 7.59. The molecule has 11 heteroatoms. The lowest BCUT2D eigenvalue weighted by atomic mass is 9.96. The van der Waals surface area contributed by atoms with Crippen molar-refractivity contribution in [3.8, 4) is 5.69 Å². The van der Waals surface area contributed by atoms with Gasteiger partial charge < -0.3 is 10.2 Å².